The van der Waals surface area contributed by atoms with E-state index in [9.17, 15) is 13.2 Å². The average Bonchev–Trinajstić information content (AvgIpc) is 3.08. The lowest BCUT2D eigenvalue weighted by Crippen LogP contribution is -2.59. The number of benzene rings is 1. The van der Waals surface area contributed by atoms with Crippen molar-refractivity contribution in [2.24, 2.45) is 0 Å². The van der Waals surface area contributed by atoms with E-state index in [-0.39, 0.29) is 17.5 Å². The topological polar surface area (TPSA) is 79.0 Å². The Balaban J connectivity index is 1.48. The Labute approximate surface area is 179 Å². The number of hydrogen-bond acceptors (Lipinski definition) is 5. The predicted octanol–water partition coefficient (Wildman–Crippen LogP) is 2.16. The first-order valence-corrected chi connectivity index (χ1v) is 12.9. The third kappa shape index (κ3) is 4.22. The van der Waals surface area contributed by atoms with Crippen LogP contribution >= 0.6 is 0 Å². The maximum Gasteiger partial charge on any atom is 0.251 e. The molecule has 1 unspecified atom stereocenters. The number of carbonyl (C=O) groups is 1. The first-order chi connectivity index (χ1) is 14.3. The van der Waals surface area contributed by atoms with Crippen LogP contribution in [0.4, 0.5) is 5.69 Å². The summed E-state index contributed by atoms with van der Waals surface area (Å²) in [5.41, 5.74) is 2.24. The van der Waals surface area contributed by atoms with Crippen LogP contribution in [0.25, 0.3) is 0 Å². The van der Waals surface area contributed by atoms with Crippen LogP contribution in [0.15, 0.2) is 18.2 Å². The summed E-state index contributed by atoms with van der Waals surface area (Å²) in [6.45, 7) is 5.91. The highest BCUT2D eigenvalue weighted by molar-refractivity contribution is 7.92. The molecule has 1 saturated heterocycles. The molecule has 8 heteroatoms. The van der Waals surface area contributed by atoms with Crippen molar-refractivity contribution in [3.05, 3.63) is 29.3 Å². The summed E-state index contributed by atoms with van der Waals surface area (Å²) in [5, 5.41) is 3.20. The minimum atomic E-state index is -3.33. The number of anilines is 1. The van der Waals surface area contributed by atoms with Crippen LogP contribution in [0, 0.1) is 0 Å². The van der Waals surface area contributed by atoms with E-state index in [0.717, 1.165) is 44.7 Å². The van der Waals surface area contributed by atoms with Crippen molar-refractivity contribution in [2.45, 2.75) is 57.0 Å². The molecule has 4 rings (SSSR count). The number of morpholine rings is 1. The molecule has 1 aromatic rings. The summed E-state index contributed by atoms with van der Waals surface area (Å²) in [6, 6.07) is 5.24. The van der Waals surface area contributed by atoms with Gasteiger partial charge in [0.1, 0.15) is 0 Å². The molecule has 0 bridgehead atoms. The molecule has 2 fully saturated rings. The zero-order chi connectivity index (χ0) is 21.4. The summed E-state index contributed by atoms with van der Waals surface area (Å²) in [6.07, 6.45) is 7.74. The maximum absolute atomic E-state index is 13.0. The second-order valence-electron chi connectivity index (χ2n) is 9.02. The van der Waals surface area contributed by atoms with Gasteiger partial charge < -0.3 is 10.1 Å². The Morgan fingerprint density at radius 1 is 1.20 bits per heavy atom. The van der Waals surface area contributed by atoms with E-state index in [1.54, 1.807) is 12.1 Å². The van der Waals surface area contributed by atoms with Gasteiger partial charge in [-0.2, -0.15) is 0 Å². The molecular formula is C22H33N3O4S. The smallest absolute Gasteiger partial charge is 0.251 e. The van der Waals surface area contributed by atoms with Gasteiger partial charge >= 0.3 is 0 Å². The van der Waals surface area contributed by atoms with Crippen LogP contribution in [0.2, 0.25) is 0 Å². The van der Waals surface area contributed by atoms with Gasteiger partial charge in [0, 0.05) is 36.8 Å². The third-order valence-electron chi connectivity index (χ3n) is 6.90. The number of fused-ring (bicyclic) bond motifs is 1. The van der Waals surface area contributed by atoms with Crippen molar-refractivity contribution in [2.75, 3.05) is 43.4 Å². The first kappa shape index (κ1) is 21.6. The molecule has 166 valence electrons. The molecule has 2 heterocycles. The van der Waals surface area contributed by atoms with Gasteiger partial charge in [0.2, 0.25) is 10.0 Å². The van der Waals surface area contributed by atoms with Crippen molar-refractivity contribution in [1.29, 1.82) is 0 Å². The van der Waals surface area contributed by atoms with Crippen molar-refractivity contribution in [3.63, 3.8) is 0 Å². The van der Waals surface area contributed by atoms with E-state index in [1.165, 1.54) is 29.8 Å². The van der Waals surface area contributed by atoms with Gasteiger partial charge in [0.25, 0.3) is 5.91 Å². The Morgan fingerprint density at radius 2 is 1.90 bits per heavy atom. The van der Waals surface area contributed by atoms with E-state index in [4.69, 9.17) is 4.74 Å². The molecule has 0 spiro atoms. The maximum atomic E-state index is 13.0. The molecule has 2 aliphatic heterocycles. The zero-order valence-electron chi connectivity index (χ0n) is 18.0. The Kier molecular flexibility index (Phi) is 6.10. The van der Waals surface area contributed by atoms with Crippen LogP contribution in [0.1, 0.15) is 54.9 Å². The zero-order valence-corrected chi connectivity index (χ0v) is 18.8. The van der Waals surface area contributed by atoms with E-state index in [1.807, 2.05) is 13.0 Å². The van der Waals surface area contributed by atoms with Gasteiger partial charge in [-0.3, -0.25) is 14.0 Å². The molecule has 3 aliphatic rings. The fourth-order valence-electron chi connectivity index (χ4n) is 5.45. The van der Waals surface area contributed by atoms with Gasteiger partial charge in [-0.15, -0.1) is 0 Å². The van der Waals surface area contributed by atoms with Gasteiger partial charge in [-0.05, 0) is 49.9 Å². The van der Waals surface area contributed by atoms with Crippen LogP contribution in [-0.4, -0.2) is 69.9 Å². The van der Waals surface area contributed by atoms with Gasteiger partial charge in [0.05, 0.1) is 25.2 Å². The van der Waals surface area contributed by atoms with Gasteiger partial charge in [-0.1, -0.05) is 19.3 Å². The Morgan fingerprint density at radius 3 is 2.57 bits per heavy atom. The van der Waals surface area contributed by atoms with E-state index in [0.29, 0.717) is 24.2 Å². The predicted molar refractivity (Wildman–Crippen MR) is 117 cm³/mol. The van der Waals surface area contributed by atoms with Crippen molar-refractivity contribution >= 4 is 21.6 Å². The Bertz CT molecular complexity index is 890. The second-order valence-corrected chi connectivity index (χ2v) is 10.9. The number of sulfonamides is 1. The van der Waals surface area contributed by atoms with E-state index >= 15 is 0 Å². The van der Waals surface area contributed by atoms with Crippen molar-refractivity contribution in [1.82, 2.24) is 10.2 Å². The molecule has 1 aromatic carbocycles. The summed E-state index contributed by atoms with van der Waals surface area (Å²) in [4.78, 5) is 15.5. The quantitative estimate of drug-likeness (QED) is 0.767. The monoisotopic (exact) mass is 435 g/mol. The Hall–Kier alpha value is -1.64. The molecule has 1 atom stereocenters. The highest BCUT2D eigenvalue weighted by Gasteiger charge is 2.39. The second kappa shape index (κ2) is 8.48. The number of nitrogens with zero attached hydrogens (tertiary/aromatic N) is 2. The van der Waals surface area contributed by atoms with E-state index < -0.39 is 10.0 Å². The molecule has 0 radical (unpaired) electrons. The van der Waals surface area contributed by atoms with Gasteiger partial charge in [-0.25, -0.2) is 8.42 Å². The molecule has 1 aliphatic carbocycles. The summed E-state index contributed by atoms with van der Waals surface area (Å²) in [7, 11) is -3.33. The standard InChI is InChI=1S/C22H33N3O4S/c1-17-14-19-15-18(6-7-20(19)25(17)30(2,27)28)21(26)23-16-22(8-4-3-5-9-22)24-10-12-29-13-11-24/h6-7,15,17H,3-5,8-14,16H2,1-2H3,(H,23,26). The molecule has 1 saturated carbocycles. The SMILES string of the molecule is CC1Cc2cc(C(=O)NCC3(N4CCOCC4)CCCCC3)ccc2N1S(C)(=O)=O. The molecule has 30 heavy (non-hydrogen) atoms. The van der Waals surface area contributed by atoms with Gasteiger partial charge in [0.15, 0.2) is 0 Å². The minimum Gasteiger partial charge on any atom is -0.379 e. The summed E-state index contributed by atoms with van der Waals surface area (Å²) in [5.74, 6) is -0.0820. The average molecular weight is 436 g/mol. The first-order valence-electron chi connectivity index (χ1n) is 11.0. The number of amides is 1. The largest absolute Gasteiger partial charge is 0.379 e. The highest BCUT2D eigenvalue weighted by Crippen LogP contribution is 2.36. The third-order valence-corrected chi connectivity index (χ3v) is 8.17. The minimum absolute atomic E-state index is 0.0238. The normalized spacial score (nSPS) is 24.5. The van der Waals surface area contributed by atoms with Crippen LogP contribution in [0.3, 0.4) is 0 Å². The lowest BCUT2D eigenvalue weighted by Gasteiger charge is -2.48. The molecule has 7 nitrogen and oxygen atoms in total. The van der Waals surface area contributed by atoms with Crippen LogP contribution in [-0.2, 0) is 21.2 Å². The molecular weight excluding hydrogens is 402 g/mol. The fourth-order valence-corrected chi connectivity index (χ4v) is 6.71. The lowest BCUT2D eigenvalue weighted by molar-refractivity contribution is -0.0361. The number of hydrogen-bond donors (Lipinski definition) is 1. The number of nitrogens with one attached hydrogen (secondary N) is 1. The fraction of sp³-hybridized carbons (Fsp3) is 0.682. The number of rotatable bonds is 5. The molecule has 0 aromatic heterocycles. The lowest BCUT2D eigenvalue weighted by atomic mass is 9.79. The van der Waals surface area contributed by atoms with Crippen molar-refractivity contribution in [3.8, 4) is 0 Å². The number of carbonyl (C=O) groups excluding carboxylic acids is 1. The summed E-state index contributed by atoms with van der Waals surface area (Å²) >= 11 is 0. The summed E-state index contributed by atoms with van der Waals surface area (Å²) < 4.78 is 31.2. The van der Waals surface area contributed by atoms with E-state index in [2.05, 4.69) is 10.2 Å². The van der Waals surface area contributed by atoms with Crippen molar-refractivity contribution < 1.29 is 17.9 Å². The highest BCUT2D eigenvalue weighted by atomic mass is 32.2. The molecule has 1 amide bonds. The van der Waals surface area contributed by atoms with Crippen LogP contribution in [0.5, 0.6) is 0 Å². The van der Waals surface area contributed by atoms with Crippen LogP contribution < -0.4 is 9.62 Å². The number of ether oxygens (including phenoxy) is 1. The molecule has 1 N–H and O–H groups in total.